The number of carbonyl (C=O) groups is 1. The zero-order valence-electron chi connectivity index (χ0n) is 18.0. The van der Waals surface area contributed by atoms with Crippen molar-refractivity contribution in [1.82, 2.24) is 16.0 Å². The third kappa shape index (κ3) is 6.54. The summed E-state index contributed by atoms with van der Waals surface area (Å²) in [4.78, 5) is 17.7. The third-order valence-corrected chi connectivity index (χ3v) is 5.94. The van der Waals surface area contributed by atoms with Gasteiger partial charge in [0, 0.05) is 34.8 Å². The molecule has 2 aromatic carbocycles. The summed E-state index contributed by atoms with van der Waals surface area (Å²) in [5, 5.41) is 21.1. The van der Waals surface area contributed by atoms with Crippen LogP contribution in [0, 0.1) is 0 Å². The number of guanidine groups is 1. The van der Waals surface area contributed by atoms with Crippen molar-refractivity contribution < 1.29 is 9.90 Å². The molecular weight excluding hydrogens is 408 g/mol. The summed E-state index contributed by atoms with van der Waals surface area (Å²) in [6.45, 7) is 6.19. The van der Waals surface area contributed by atoms with Gasteiger partial charge in [-0.15, -0.1) is 11.3 Å². The average molecular weight is 439 g/mol. The van der Waals surface area contributed by atoms with E-state index in [9.17, 15) is 9.90 Å². The minimum absolute atomic E-state index is 0.0656. The van der Waals surface area contributed by atoms with Gasteiger partial charge >= 0.3 is 0 Å². The zero-order valence-corrected chi connectivity index (χ0v) is 18.8. The minimum atomic E-state index is -0.619. The van der Waals surface area contributed by atoms with Gasteiger partial charge in [-0.25, -0.2) is 4.99 Å². The first-order valence-electron chi connectivity index (χ1n) is 10.7. The fourth-order valence-electron chi connectivity index (χ4n) is 3.12. The zero-order chi connectivity index (χ0) is 22.1. The average Bonchev–Trinajstić information content (AvgIpc) is 3.23. The molecule has 1 heterocycles. The molecule has 164 valence electrons. The van der Waals surface area contributed by atoms with Crippen LogP contribution in [0.4, 0.5) is 0 Å². The second-order valence-corrected chi connectivity index (χ2v) is 8.35. The van der Waals surface area contributed by atoms with Gasteiger partial charge in [-0.1, -0.05) is 37.3 Å². The van der Waals surface area contributed by atoms with E-state index >= 15 is 0 Å². The number of thiophene rings is 1. The molecule has 0 bridgehead atoms. The van der Waals surface area contributed by atoms with Gasteiger partial charge in [0.25, 0.3) is 5.91 Å². The molecule has 0 fully saturated rings. The lowest BCUT2D eigenvalue weighted by Crippen LogP contribution is -2.39. The topological polar surface area (TPSA) is 85.8 Å². The highest BCUT2D eigenvalue weighted by molar-refractivity contribution is 7.19. The molecule has 4 N–H and O–H groups in total. The maximum absolute atomic E-state index is 12.2. The number of carbonyl (C=O) groups excluding carboxylic acids is 1. The summed E-state index contributed by atoms with van der Waals surface area (Å²) in [5.41, 5.74) is 1.59. The van der Waals surface area contributed by atoms with E-state index in [1.165, 1.54) is 4.70 Å². The van der Waals surface area contributed by atoms with Crippen LogP contribution in [0.2, 0.25) is 0 Å². The van der Waals surface area contributed by atoms with Gasteiger partial charge in [0.2, 0.25) is 0 Å². The SMILES string of the molecule is CCCNC(=O)c1cccc(CN=C(NCC)NCC(O)c2cc3ccccc3s2)c1. The van der Waals surface area contributed by atoms with Crippen LogP contribution >= 0.6 is 11.3 Å². The molecule has 3 rings (SSSR count). The van der Waals surface area contributed by atoms with Gasteiger partial charge in [-0.3, -0.25) is 4.79 Å². The monoisotopic (exact) mass is 438 g/mol. The van der Waals surface area contributed by atoms with Crippen LogP contribution in [0.5, 0.6) is 0 Å². The second kappa shape index (κ2) is 11.5. The molecule has 0 aliphatic rings. The highest BCUT2D eigenvalue weighted by atomic mass is 32.1. The first-order valence-corrected chi connectivity index (χ1v) is 11.5. The van der Waals surface area contributed by atoms with E-state index < -0.39 is 6.10 Å². The van der Waals surface area contributed by atoms with Gasteiger partial charge in [0.1, 0.15) is 6.10 Å². The van der Waals surface area contributed by atoms with Crippen LogP contribution in [0.25, 0.3) is 10.1 Å². The molecule has 0 aliphatic heterocycles. The Labute approximate surface area is 187 Å². The van der Waals surface area contributed by atoms with Gasteiger partial charge in [-0.2, -0.15) is 0 Å². The number of nitrogens with zero attached hydrogens (tertiary/aromatic N) is 1. The lowest BCUT2D eigenvalue weighted by molar-refractivity contribution is 0.0953. The number of aliphatic imine (C=N–C) groups is 1. The Hall–Kier alpha value is -2.90. The number of benzene rings is 2. The lowest BCUT2D eigenvalue weighted by atomic mass is 10.1. The van der Waals surface area contributed by atoms with Crippen LogP contribution in [0.1, 0.15) is 47.2 Å². The lowest BCUT2D eigenvalue weighted by Gasteiger charge is -2.14. The van der Waals surface area contributed by atoms with Crippen molar-refractivity contribution in [1.29, 1.82) is 0 Å². The van der Waals surface area contributed by atoms with E-state index in [-0.39, 0.29) is 5.91 Å². The molecule has 1 aromatic heterocycles. The van der Waals surface area contributed by atoms with Crippen LogP contribution < -0.4 is 16.0 Å². The van der Waals surface area contributed by atoms with Gasteiger partial charge in [-0.05, 0) is 48.6 Å². The van der Waals surface area contributed by atoms with E-state index in [0.717, 1.165) is 22.2 Å². The van der Waals surface area contributed by atoms with E-state index in [0.29, 0.717) is 37.7 Å². The highest BCUT2D eigenvalue weighted by Crippen LogP contribution is 2.29. The molecule has 31 heavy (non-hydrogen) atoms. The number of fused-ring (bicyclic) bond motifs is 1. The fraction of sp³-hybridized carbons (Fsp3) is 0.333. The smallest absolute Gasteiger partial charge is 0.251 e. The van der Waals surface area contributed by atoms with Crippen molar-refractivity contribution in [2.45, 2.75) is 32.9 Å². The Morgan fingerprint density at radius 2 is 1.90 bits per heavy atom. The molecular formula is C24H30N4O2S. The van der Waals surface area contributed by atoms with Crippen molar-refractivity contribution >= 4 is 33.3 Å². The Balaban J connectivity index is 1.61. The number of aliphatic hydroxyl groups excluding tert-OH is 1. The molecule has 0 saturated carbocycles. The predicted molar refractivity (Wildman–Crippen MR) is 129 cm³/mol. The largest absolute Gasteiger partial charge is 0.386 e. The Morgan fingerprint density at radius 1 is 1.06 bits per heavy atom. The van der Waals surface area contributed by atoms with Crippen LogP contribution in [-0.2, 0) is 6.54 Å². The van der Waals surface area contributed by atoms with Gasteiger partial charge in [0.15, 0.2) is 5.96 Å². The molecule has 0 radical (unpaired) electrons. The number of amides is 1. The van der Waals surface area contributed by atoms with E-state index in [2.05, 4.69) is 33.1 Å². The van der Waals surface area contributed by atoms with Crippen LogP contribution in [0.3, 0.4) is 0 Å². The molecule has 1 amide bonds. The molecule has 0 saturated heterocycles. The van der Waals surface area contributed by atoms with E-state index in [4.69, 9.17) is 0 Å². The highest BCUT2D eigenvalue weighted by Gasteiger charge is 2.12. The predicted octanol–water partition coefficient (Wildman–Crippen LogP) is 3.83. The molecule has 1 atom stereocenters. The summed E-state index contributed by atoms with van der Waals surface area (Å²) in [6, 6.07) is 17.7. The Kier molecular flexibility index (Phi) is 8.44. The van der Waals surface area contributed by atoms with Gasteiger partial charge in [0.05, 0.1) is 6.54 Å². The first kappa shape index (κ1) is 22.8. The van der Waals surface area contributed by atoms with Crippen molar-refractivity contribution in [2.75, 3.05) is 19.6 Å². The van der Waals surface area contributed by atoms with Crippen molar-refractivity contribution in [2.24, 2.45) is 4.99 Å². The summed E-state index contributed by atoms with van der Waals surface area (Å²) in [7, 11) is 0. The normalized spacial score (nSPS) is 12.5. The fourth-order valence-corrected chi connectivity index (χ4v) is 4.17. The minimum Gasteiger partial charge on any atom is -0.386 e. The molecule has 0 spiro atoms. The number of hydrogen-bond acceptors (Lipinski definition) is 4. The van der Waals surface area contributed by atoms with Gasteiger partial charge < -0.3 is 21.1 Å². The van der Waals surface area contributed by atoms with E-state index in [1.807, 2.05) is 56.3 Å². The van der Waals surface area contributed by atoms with Crippen LogP contribution in [-0.4, -0.2) is 36.6 Å². The first-order chi connectivity index (χ1) is 15.1. The van der Waals surface area contributed by atoms with Crippen LogP contribution in [0.15, 0.2) is 59.6 Å². The Bertz CT molecular complexity index is 998. The van der Waals surface area contributed by atoms with Crippen molar-refractivity contribution in [3.8, 4) is 0 Å². The Morgan fingerprint density at radius 3 is 2.68 bits per heavy atom. The summed E-state index contributed by atoms with van der Waals surface area (Å²) in [5.74, 6) is 0.563. The maximum Gasteiger partial charge on any atom is 0.251 e. The summed E-state index contributed by atoms with van der Waals surface area (Å²) < 4.78 is 1.17. The molecule has 1 unspecified atom stereocenters. The quantitative estimate of drug-likeness (QED) is 0.302. The molecule has 0 aliphatic carbocycles. The molecule has 7 heteroatoms. The molecule has 6 nitrogen and oxygen atoms in total. The van der Waals surface area contributed by atoms with E-state index in [1.54, 1.807) is 11.3 Å². The number of rotatable bonds is 9. The maximum atomic E-state index is 12.2. The number of aliphatic hydroxyl groups is 1. The third-order valence-electron chi connectivity index (χ3n) is 4.72. The standard InChI is InChI=1S/C24H30N4O2S/c1-3-12-26-23(30)19-10-7-8-17(13-19)15-27-24(25-4-2)28-16-20(29)22-14-18-9-5-6-11-21(18)31-22/h5-11,13-14,20,29H,3-4,12,15-16H2,1-2H3,(H,26,30)(H2,25,27,28). The summed E-state index contributed by atoms with van der Waals surface area (Å²) >= 11 is 1.60. The number of nitrogens with one attached hydrogen (secondary N) is 3. The van der Waals surface area contributed by atoms with Crippen molar-refractivity contribution in [3.05, 3.63) is 70.6 Å². The number of hydrogen-bond donors (Lipinski definition) is 4. The molecule has 3 aromatic rings. The summed E-state index contributed by atoms with van der Waals surface area (Å²) in [6.07, 6.45) is 0.285. The second-order valence-electron chi connectivity index (χ2n) is 7.23. The van der Waals surface area contributed by atoms with Crippen molar-refractivity contribution in [3.63, 3.8) is 0 Å².